The third-order valence-corrected chi connectivity index (χ3v) is 3.18. The third-order valence-electron chi connectivity index (χ3n) is 3.18. The van der Waals surface area contributed by atoms with Crippen molar-refractivity contribution in [3.8, 4) is 11.4 Å². The topological polar surface area (TPSA) is 44.5 Å². The van der Waals surface area contributed by atoms with Crippen LogP contribution in [0.5, 0.6) is 0 Å². The maximum Gasteiger partial charge on any atom is 0.137 e. The molecule has 0 atom stereocenters. The van der Waals surface area contributed by atoms with Crippen LogP contribution < -0.4 is 0 Å². The largest absolute Gasteiger partial charge is 0.354 e. The molecule has 0 saturated carbocycles. The fraction of sp³-hybridized carbons (Fsp3) is 0. The second kappa shape index (κ2) is 3.47. The Balaban J connectivity index is 2.04. The predicted octanol–water partition coefficient (Wildman–Crippen LogP) is 3.51. The molecule has 2 aromatic carbocycles. The fourth-order valence-corrected chi connectivity index (χ4v) is 2.33. The number of hydrogen-bond acceptors (Lipinski definition) is 1. The van der Waals surface area contributed by atoms with Crippen LogP contribution in [0.2, 0.25) is 0 Å². The lowest BCUT2D eigenvalue weighted by molar-refractivity contribution is 1.31. The van der Waals surface area contributed by atoms with E-state index in [2.05, 4.69) is 45.3 Å². The number of fused-ring (bicyclic) bond motifs is 3. The minimum absolute atomic E-state index is 0.843. The standard InChI is InChI=1S/C15H10N3/c1-2-4-13-11(3-1)12-6-5-10(9-14(12)18-13)15-16-7-8-17-15/h1-8,18H,(H,16,17). The average molecular weight is 232 g/mol. The molecule has 0 fully saturated rings. The van der Waals surface area contributed by atoms with Crippen LogP contribution in [0.1, 0.15) is 0 Å². The maximum absolute atomic E-state index is 4.25. The first-order valence-corrected chi connectivity index (χ1v) is 5.84. The van der Waals surface area contributed by atoms with Gasteiger partial charge in [-0.3, -0.25) is 0 Å². The van der Waals surface area contributed by atoms with Gasteiger partial charge in [-0.15, -0.1) is 0 Å². The van der Waals surface area contributed by atoms with E-state index in [1.165, 1.54) is 10.8 Å². The molecule has 0 aliphatic rings. The van der Waals surface area contributed by atoms with Crippen LogP contribution in [0.15, 0.2) is 48.8 Å². The van der Waals surface area contributed by atoms with Gasteiger partial charge in [0.05, 0.1) is 5.52 Å². The molecular formula is C15H10N3. The van der Waals surface area contributed by atoms with Crippen LogP contribution in [0, 0.1) is 6.07 Å². The number of nitrogens with one attached hydrogen (secondary N) is 2. The van der Waals surface area contributed by atoms with Gasteiger partial charge in [0.1, 0.15) is 5.82 Å². The van der Waals surface area contributed by atoms with Gasteiger partial charge in [0.25, 0.3) is 0 Å². The third kappa shape index (κ3) is 1.27. The number of hydrogen-bond donors (Lipinski definition) is 2. The van der Waals surface area contributed by atoms with E-state index in [4.69, 9.17) is 0 Å². The van der Waals surface area contributed by atoms with Gasteiger partial charge in [-0.2, -0.15) is 0 Å². The Morgan fingerprint density at radius 2 is 1.94 bits per heavy atom. The lowest BCUT2D eigenvalue weighted by atomic mass is 10.1. The molecule has 2 heterocycles. The van der Waals surface area contributed by atoms with Crippen LogP contribution in [-0.2, 0) is 0 Å². The molecular weight excluding hydrogens is 222 g/mol. The summed E-state index contributed by atoms with van der Waals surface area (Å²) in [5, 5.41) is 2.43. The van der Waals surface area contributed by atoms with Crippen molar-refractivity contribution in [3.05, 3.63) is 54.9 Å². The number of benzene rings is 2. The van der Waals surface area contributed by atoms with Crippen molar-refractivity contribution in [3.63, 3.8) is 0 Å². The number of aromatic amines is 2. The summed E-state index contributed by atoms with van der Waals surface area (Å²) in [7, 11) is 0. The minimum atomic E-state index is 0.843. The van der Waals surface area contributed by atoms with E-state index in [1.807, 2.05) is 18.3 Å². The molecule has 1 radical (unpaired) electrons. The summed E-state index contributed by atoms with van der Waals surface area (Å²) < 4.78 is 0. The Bertz CT molecular complexity index is 825. The molecule has 0 unspecified atom stereocenters. The van der Waals surface area contributed by atoms with E-state index in [1.54, 1.807) is 6.20 Å². The predicted molar refractivity (Wildman–Crippen MR) is 72.2 cm³/mol. The Kier molecular flexibility index (Phi) is 1.83. The van der Waals surface area contributed by atoms with E-state index in [-0.39, 0.29) is 0 Å². The van der Waals surface area contributed by atoms with Crippen molar-refractivity contribution < 1.29 is 0 Å². The highest BCUT2D eigenvalue weighted by molar-refractivity contribution is 6.07. The van der Waals surface area contributed by atoms with Gasteiger partial charge in [0, 0.05) is 40.3 Å². The summed E-state index contributed by atoms with van der Waals surface area (Å²) in [6.07, 6.45) is 3.57. The summed E-state index contributed by atoms with van der Waals surface area (Å²) >= 11 is 0. The Morgan fingerprint density at radius 1 is 1.00 bits per heavy atom. The van der Waals surface area contributed by atoms with Gasteiger partial charge in [-0.1, -0.05) is 24.3 Å². The van der Waals surface area contributed by atoms with E-state index in [9.17, 15) is 0 Å². The number of nitrogens with zero attached hydrogens (tertiary/aromatic N) is 1. The van der Waals surface area contributed by atoms with E-state index >= 15 is 0 Å². The van der Waals surface area contributed by atoms with Gasteiger partial charge >= 0.3 is 0 Å². The molecule has 4 rings (SSSR count). The first-order valence-electron chi connectivity index (χ1n) is 5.84. The molecule has 0 aliphatic heterocycles. The highest BCUT2D eigenvalue weighted by Gasteiger charge is 2.06. The molecule has 0 saturated heterocycles. The highest BCUT2D eigenvalue weighted by Crippen LogP contribution is 2.27. The molecule has 18 heavy (non-hydrogen) atoms. The zero-order chi connectivity index (χ0) is 11.9. The second-order valence-corrected chi connectivity index (χ2v) is 4.27. The Labute approximate surface area is 103 Å². The highest BCUT2D eigenvalue weighted by atomic mass is 14.9. The SMILES string of the molecule is [c]1c(-c2ncc[nH]2)ccc2c1[nH]c1ccccc12. The summed E-state index contributed by atoms with van der Waals surface area (Å²) in [5.74, 6) is 0.843. The summed E-state index contributed by atoms with van der Waals surface area (Å²) in [6, 6.07) is 15.8. The van der Waals surface area contributed by atoms with Crippen LogP contribution in [0.3, 0.4) is 0 Å². The van der Waals surface area contributed by atoms with Crippen LogP contribution in [0.4, 0.5) is 0 Å². The Morgan fingerprint density at radius 3 is 2.83 bits per heavy atom. The molecule has 2 N–H and O–H groups in total. The van der Waals surface area contributed by atoms with Gasteiger partial charge in [0.15, 0.2) is 0 Å². The minimum Gasteiger partial charge on any atom is -0.354 e. The molecule has 3 nitrogen and oxygen atoms in total. The van der Waals surface area contributed by atoms with Gasteiger partial charge in [0.2, 0.25) is 0 Å². The smallest absolute Gasteiger partial charge is 0.137 e. The fourth-order valence-electron chi connectivity index (χ4n) is 2.33. The van der Waals surface area contributed by atoms with E-state index in [0.717, 1.165) is 22.4 Å². The van der Waals surface area contributed by atoms with Crippen molar-refractivity contribution in [1.29, 1.82) is 0 Å². The van der Waals surface area contributed by atoms with Crippen LogP contribution in [0.25, 0.3) is 33.2 Å². The zero-order valence-corrected chi connectivity index (χ0v) is 9.57. The zero-order valence-electron chi connectivity index (χ0n) is 9.57. The van der Waals surface area contributed by atoms with Crippen molar-refractivity contribution in [2.24, 2.45) is 0 Å². The molecule has 0 spiro atoms. The number of rotatable bonds is 1. The lowest BCUT2D eigenvalue weighted by Gasteiger charge is -1.96. The lowest BCUT2D eigenvalue weighted by Crippen LogP contribution is -1.80. The maximum atomic E-state index is 4.25. The molecule has 0 amide bonds. The molecule has 2 aromatic heterocycles. The summed E-state index contributed by atoms with van der Waals surface area (Å²) in [4.78, 5) is 10.7. The van der Waals surface area contributed by atoms with Crippen molar-refractivity contribution in [1.82, 2.24) is 15.0 Å². The van der Waals surface area contributed by atoms with Crippen LogP contribution in [-0.4, -0.2) is 15.0 Å². The number of imidazole rings is 1. The van der Waals surface area contributed by atoms with Crippen molar-refractivity contribution in [2.75, 3.05) is 0 Å². The molecule has 85 valence electrons. The number of H-pyrrole nitrogens is 2. The van der Waals surface area contributed by atoms with Gasteiger partial charge in [-0.05, 0) is 12.1 Å². The first kappa shape index (κ1) is 9.48. The normalized spacial score (nSPS) is 11.3. The summed E-state index contributed by atoms with van der Waals surface area (Å²) in [6.45, 7) is 0. The van der Waals surface area contributed by atoms with Gasteiger partial charge in [-0.25, -0.2) is 4.98 Å². The van der Waals surface area contributed by atoms with Crippen molar-refractivity contribution in [2.45, 2.75) is 0 Å². The average Bonchev–Trinajstić information content (AvgIpc) is 3.05. The monoisotopic (exact) mass is 232 g/mol. The quantitative estimate of drug-likeness (QED) is 0.518. The molecule has 0 aliphatic carbocycles. The molecule has 0 bridgehead atoms. The van der Waals surface area contributed by atoms with Crippen molar-refractivity contribution >= 4 is 21.8 Å². The van der Waals surface area contributed by atoms with E-state index in [0.29, 0.717) is 0 Å². The summed E-state index contributed by atoms with van der Waals surface area (Å²) in [5.41, 5.74) is 3.13. The molecule has 4 aromatic rings. The molecule has 3 heteroatoms. The number of para-hydroxylation sites is 1. The van der Waals surface area contributed by atoms with Crippen LogP contribution >= 0.6 is 0 Å². The van der Waals surface area contributed by atoms with Gasteiger partial charge < -0.3 is 9.97 Å². The first-order chi connectivity index (χ1) is 8.92. The second-order valence-electron chi connectivity index (χ2n) is 4.27. The Hall–Kier alpha value is -2.55. The van der Waals surface area contributed by atoms with E-state index < -0.39 is 0 Å². The number of aromatic nitrogens is 3.